The Morgan fingerprint density at radius 1 is 1.31 bits per heavy atom. The lowest BCUT2D eigenvalue weighted by molar-refractivity contribution is 0.568. The van der Waals surface area contributed by atoms with E-state index in [-0.39, 0.29) is 11.6 Å². The molecule has 16 heavy (non-hydrogen) atoms. The monoisotopic (exact) mass is 224 g/mol. The van der Waals surface area contributed by atoms with E-state index in [1.165, 1.54) is 17.8 Å². The molecule has 0 bridgehead atoms. The number of anilines is 1. The Hall–Kier alpha value is -1.98. The molecule has 2 aromatic heterocycles. The molecule has 0 fully saturated rings. The summed E-state index contributed by atoms with van der Waals surface area (Å²) in [5.41, 5.74) is 0. The molecule has 0 unspecified atom stereocenters. The summed E-state index contributed by atoms with van der Waals surface area (Å²) in [5.74, 6) is -0.829. The predicted molar refractivity (Wildman–Crippen MR) is 55.6 cm³/mol. The summed E-state index contributed by atoms with van der Waals surface area (Å²) >= 11 is 0. The molecule has 0 aliphatic carbocycles. The zero-order valence-electron chi connectivity index (χ0n) is 8.83. The number of hydrogen-bond donors (Lipinski definition) is 1. The van der Waals surface area contributed by atoms with E-state index < -0.39 is 11.6 Å². The maximum absolute atomic E-state index is 13.5. The van der Waals surface area contributed by atoms with E-state index in [0.717, 1.165) is 6.07 Å². The molecule has 4 nitrogen and oxygen atoms in total. The van der Waals surface area contributed by atoms with Crippen LogP contribution < -0.4 is 5.32 Å². The van der Waals surface area contributed by atoms with Crippen molar-refractivity contribution < 1.29 is 8.78 Å². The Labute approximate surface area is 91.0 Å². The SMILES string of the molecule is CNc1nc(-n2ccnc2C)c(F)cc1F. The van der Waals surface area contributed by atoms with E-state index in [1.807, 2.05) is 0 Å². The fourth-order valence-electron chi connectivity index (χ4n) is 1.40. The lowest BCUT2D eigenvalue weighted by Crippen LogP contribution is -2.06. The standard InChI is InChI=1S/C10H10F2N4/c1-6-14-3-4-16(6)10-8(12)5-7(11)9(13-2)15-10/h3-5H,1-2H3,(H,13,15). The van der Waals surface area contributed by atoms with Gasteiger partial charge in [0.05, 0.1) is 0 Å². The summed E-state index contributed by atoms with van der Waals surface area (Å²) in [5, 5.41) is 2.56. The van der Waals surface area contributed by atoms with Crippen molar-refractivity contribution in [3.05, 3.63) is 35.9 Å². The molecule has 0 radical (unpaired) electrons. The quantitative estimate of drug-likeness (QED) is 0.847. The van der Waals surface area contributed by atoms with Crippen molar-refractivity contribution in [2.45, 2.75) is 6.92 Å². The van der Waals surface area contributed by atoms with E-state index in [0.29, 0.717) is 5.82 Å². The lowest BCUT2D eigenvalue weighted by atomic mass is 10.4. The van der Waals surface area contributed by atoms with Crippen LogP contribution in [-0.2, 0) is 0 Å². The van der Waals surface area contributed by atoms with Gasteiger partial charge >= 0.3 is 0 Å². The van der Waals surface area contributed by atoms with Gasteiger partial charge in [-0.05, 0) is 6.92 Å². The third-order valence-electron chi connectivity index (χ3n) is 2.20. The molecule has 0 saturated carbocycles. The molecule has 0 aromatic carbocycles. The fourth-order valence-corrected chi connectivity index (χ4v) is 1.40. The van der Waals surface area contributed by atoms with Crippen LogP contribution in [0.3, 0.4) is 0 Å². The zero-order valence-corrected chi connectivity index (χ0v) is 8.83. The Morgan fingerprint density at radius 2 is 2.06 bits per heavy atom. The van der Waals surface area contributed by atoms with Crippen LogP contribution in [0.1, 0.15) is 5.82 Å². The Morgan fingerprint density at radius 3 is 2.62 bits per heavy atom. The fraction of sp³-hybridized carbons (Fsp3) is 0.200. The van der Waals surface area contributed by atoms with Crippen molar-refractivity contribution >= 4 is 5.82 Å². The highest BCUT2D eigenvalue weighted by Gasteiger charge is 2.13. The molecule has 0 aliphatic heterocycles. The third-order valence-corrected chi connectivity index (χ3v) is 2.20. The first-order valence-electron chi connectivity index (χ1n) is 4.67. The first-order valence-corrected chi connectivity index (χ1v) is 4.67. The van der Waals surface area contributed by atoms with Crippen LogP contribution in [0.2, 0.25) is 0 Å². The number of rotatable bonds is 2. The number of halogens is 2. The van der Waals surface area contributed by atoms with Gasteiger partial charge in [-0.25, -0.2) is 18.7 Å². The molecular weight excluding hydrogens is 214 g/mol. The van der Waals surface area contributed by atoms with Crippen LogP contribution in [0.25, 0.3) is 5.82 Å². The van der Waals surface area contributed by atoms with Crippen LogP contribution in [0.5, 0.6) is 0 Å². The van der Waals surface area contributed by atoms with Gasteiger partial charge < -0.3 is 5.32 Å². The molecule has 1 N–H and O–H groups in total. The summed E-state index contributed by atoms with van der Waals surface area (Å²) in [7, 11) is 1.52. The number of pyridine rings is 1. The second-order valence-electron chi connectivity index (χ2n) is 3.22. The largest absolute Gasteiger partial charge is 0.371 e. The maximum atomic E-state index is 13.5. The molecule has 6 heteroatoms. The smallest absolute Gasteiger partial charge is 0.176 e. The van der Waals surface area contributed by atoms with Crippen molar-refractivity contribution in [3.63, 3.8) is 0 Å². The highest BCUT2D eigenvalue weighted by atomic mass is 19.1. The molecule has 0 atom stereocenters. The summed E-state index contributed by atoms with van der Waals surface area (Å²) < 4.78 is 28.2. The van der Waals surface area contributed by atoms with Crippen LogP contribution in [0.4, 0.5) is 14.6 Å². The molecule has 0 amide bonds. The second kappa shape index (κ2) is 3.88. The minimum Gasteiger partial charge on any atom is -0.371 e. The minimum absolute atomic E-state index is 0.00417. The number of imidazole rings is 1. The molecule has 84 valence electrons. The van der Waals surface area contributed by atoms with Gasteiger partial charge in [0.25, 0.3) is 0 Å². The highest BCUT2D eigenvalue weighted by Crippen LogP contribution is 2.18. The number of aromatic nitrogens is 3. The average Bonchev–Trinajstić information content (AvgIpc) is 2.65. The van der Waals surface area contributed by atoms with Gasteiger partial charge in [-0.1, -0.05) is 0 Å². The van der Waals surface area contributed by atoms with Gasteiger partial charge in [0.1, 0.15) is 5.82 Å². The van der Waals surface area contributed by atoms with Gasteiger partial charge in [-0.15, -0.1) is 0 Å². The van der Waals surface area contributed by atoms with E-state index in [1.54, 1.807) is 13.1 Å². The van der Waals surface area contributed by atoms with Crippen molar-refractivity contribution in [2.24, 2.45) is 0 Å². The molecule has 0 spiro atoms. The van der Waals surface area contributed by atoms with Crippen LogP contribution in [0.15, 0.2) is 18.5 Å². The number of hydrogen-bond acceptors (Lipinski definition) is 3. The third kappa shape index (κ3) is 1.62. The van der Waals surface area contributed by atoms with Crippen molar-refractivity contribution in [1.29, 1.82) is 0 Å². The van der Waals surface area contributed by atoms with Crippen molar-refractivity contribution in [1.82, 2.24) is 14.5 Å². The molecular formula is C10H10F2N4. The van der Waals surface area contributed by atoms with Gasteiger partial charge in [0.2, 0.25) is 0 Å². The van der Waals surface area contributed by atoms with Gasteiger partial charge in [-0.2, -0.15) is 0 Å². The van der Waals surface area contributed by atoms with Gasteiger partial charge in [0.15, 0.2) is 23.3 Å². The Balaban J connectivity index is 2.61. The lowest BCUT2D eigenvalue weighted by Gasteiger charge is -2.08. The molecule has 0 saturated heterocycles. The summed E-state index contributed by atoms with van der Waals surface area (Å²) in [6.07, 6.45) is 3.09. The first-order chi connectivity index (χ1) is 7.63. The maximum Gasteiger partial charge on any atom is 0.176 e. The number of nitrogens with zero attached hydrogens (tertiary/aromatic N) is 3. The Kier molecular flexibility index (Phi) is 2.55. The van der Waals surface area contributed by atoms with E-state index in [9.17, 15) is 8.78 Å². The van der Waals surface area contributed by atoms with Crippen LogP contribution >= 0.6 is 0 Å². The average molecular weight is 224 g/mol. The molecule has 2 aromatic rings. The van der Waals surface area contributed by atoms with Crippen LogP contribution in [0, 0.1) is 18.6 Å². The van der Waals surface area contributed by atoms with E-state index in [4.69, 9.17) is 0 Å². The van der Waals surface area contributed by atoms with E-state index in [2.05, 4.69) is 15.3 Å². The van der Waals surface area contributed by atoms with Crippen LogP contribution in [-0.4, -0.2) is 21.6 Å². The molecule has 2 rings (SSSR count). The first kappa shape index (κ1) is 10.5. The zero-order chi connectivity index (χ0) is 11.7. The van der Waals surface area contributed by atoms with E-state index >= 15 is 0 Å². The second-order valence-corrected chi connectivity index (χ2v) is 3.22. The number of aryl methyl sites for hydroxylation is 1. The van der Waals surface area contributed by atoms with Crippen molar-refractivity contribution in [2.75, 3.05) is 12.4 Å². The predicted octanol–water partition coefficient (Wildman–Crippen LogP) is 1.90. The van der Waals surface area contributed by atoms with Gasteiger partial charge in [0, 0.05) is 25.5 Å². The topological polar surface area (TPSA) is 42.7 Å². The van der Waals surface area contributed by atoms with Gasteiger partial charge in [-0.3, -0.25) is 4.57 Å². The summed E-state index contributed by atoms with van der Waals surface area (Å²) in [6.45, 7) is 1.71. The molecule has 0 aliphatic rings. The summed E-state index contributed by atoms with van der Waals surface area (Å²) in [6, 6.07) is 0.799. The number of nitrogens with one attached hydrogen (secondary N) is 1. The normalized spacial score (nSPS) is 10.5. The van der Waals surface area contributed by atoms with Crippen molar-refractivity contribution in [3.8, 4) is 5.82 Å². The highest BCUT2D eigenvalue weighted by molar-refractivity contribution is 5.42. The molecule has 2 heterocycles. The summed E-state index contributed by atoms with van der Waals surface area (Å²) in [4.78, 5) is 7.81. The Bertz CT molecular complexity index is 522. The minimum atomic E-state index is -0.724.